The minimum Gasteiger partial charge on any atom is -0.0961 e. The van der Waals surface area contributed by atoms with E-state index < -0.39 is 0 Å². The third-order valence-corrected chi connectivity index (χ3v) is 3.31. The summed E-state index contributed by atoms with van der Waals surface area (Å²) in [7, 11) is 3.65. The molecule has 1 heterocycles. The molecule has 10 heavy (non-hydrogen) atoms. The number of hydrogen-bond donors (Lipinski definition) is 0. The van der Waals surface area contributed by atoms with Crippen molar-refractivity contribution in [2.45, 2.75) is 12.2 Å². The van der Waals surface area contributed by atoms with Crippen molar-refractivity contribution in [2.75, 3.05) is 0 Å². The first kappa shape index (κ1) is 8.02. The minimum absolute atomic E-state index is 0.557. The summed E-state index contributed by atoms with van der Waals surface area (Å²) < 4.78 is 0. The van der Waals surface area contributed by atoms with Gasteiger partial charge in [-0.25, -0.2) is 0 Å². The second-order valence-electron chi connectivity index (χ2n) is 2.19. The summed E-state index contributed by atoms with van der Waals surface area (Å²) in [5.74, 6) is 0. The van der Waals surface area contributed by atoms with Gasteiger partial charge in [0.2, 0.25) is 0 Å². The highest BCUT2D eigenvalue weighted by Crippen LogP contribution is 2.35. The van der Waals surface area contributed by atoms with Crippen LogP contribution in [-0.2, 0) is 0 Å². The lowest BCUT2D eigenvalue weighted by Gasteiger charge is -1.95. The quantitative estimate of drug-likeness (QED) is 0.460. The maximum atomic E-state index is 3.79. The van der Waals surface area contributed by atoms with Gasteiger partial charge in [-0.2, -0.15) is 0 Å². The fourth-order valence-electron chi connectivity index (χ4n) is 0.593. The molecule has 1 rings (SSSR count). The van der Waals surface area contributed by atoms with Crippen LogP contribution in [0.4, 0.5) is 0 Å². The Hall–Kier alpha value is -0.0800. The molecule has 0 amide bonds. The summed E-state index contributed by atoms with van der Waals surface area (Å²) in [6.45, 7) is 5.80. The standard InChI is InChI=1S/C8H10S2/c1-7(2)3-4-8-5-6-9-10-8/h3-6,8H,1H2,2H3. The Bertz CT molecular complexity index is 180. The molecule has 0 spiro atoms. The van der Waals surface area contributed by atoms with Crippen molar-refractivity contribution in [3.05, 3.63) is 35.8 Å². The summed E-state index contributed by atoms with van der Waals surface area (Å²) in [6, 6.07) is 0. The predicted octanol–water partition coefficient (Wildman–Crippen LogP) is 3.40. The zero-order valence-corrected chi connectivity index (χ0v) is 7.54. The van der Waals surface area contributed by atoms with Crippen LogP contribution < -0.4 is 0 Å². The summed E-state index contributed by atoms with van der Waals surface area (Å²) >= 11 is 0. The molecule has 2 heteroatoms. The molecule has 0 aromatic carbocycles. The summed E-state index contributed by atoms with van der Waals surface area (Å²) in [5.41, 5.74) is 1.12. The van der Waals surface area contributed by atoms with E-state index in [1.165, 1.54) is 0 Å². The van der Waals surface area contributed by atoms with Gasteiger partial charge in [0.15, 0.2) is 0 Å². The van der Waals surface area contributed by atoms with Gasteiger partial charge in [0, 0.05) is 0 Å². The van der Waals surface area contributed by atoms with Gasteiger partial charge in [-0.05, 0) is 12.3 Å². The van der Waals surface area contributed by atoms with Crippen LogP contribution in [0.1, 0.15) is 6.92 Å². The smallest absolute Gasteiger partial charge is 0.0526 e. The molecule has 0 radical (unpaired) electrons. The average molecular weight is 170 g/mol. The summed E-state index contributed by atoms with van der Waals surface area (Å²) in [6.07, 6.45) is 6.42. The molecule has 1 atom stereocenters. The first-order chi connectivity index (χ1) is 4.79. The van der Waals surface area contributed by atoms with E-state index in [4.69, 9.17) is 0 Å². The van der Waals surface area contributed by atoms with Crippen LogP contribution in [0.15, 0.2) is 35.8 Å². The molecule has 0 fully saturated rings. The van der Waals surface area contributed by atoms with Crippen LogP contribution in [0.25, 0.3) is 0 Å². The lowest BCUT2D eigenvalue weighted by molar-refractivity contribution is 1.41. The van der Waals surface area contributed by atoms with Gasteiger partial charge >= 0.3 is 0 Å². The van der Waals surface area contributed by atoms with E-state index in [2.05, 4.69) is 30.2 Å². The fourth-order valence-corrected chi connectivity index (χ4v) is 2.56. The Balaban J connectivity index is 2.37. The highest BCUT2D eigenvalue weighted by molar-refractivity contribution is 8.78. The Morgan fingerprint density at radius 1 is 1.70 bits per heavy atom. The first-order valence-electron chi connectivity index (χ1n) is 3.11. The largest absolute Gasteiger partial charge is 0.0961 e. The van der Waals surface area contributed by atoms with E-state index in [1.807, 2.05) is 17.7 Å². The summed E-state index contributed by atoms with van der Waals surface area (Å²) in [4.78, 5) is 0. The lowest BCUT2D eigenvalue weighted by atomic mass is 10.3. The molecule has 0 N–H and O–H groups in total. The zero-order chi connectivity index (χ0) is 7.40. The molecular formula is C8H10S2. The van der Waals surface area contributed by atoms with Gasteiger partial charge in [-0.3, -0.25) is 0 Å². The SMILES string of the molecule is C=C(C)C=CC1C=CSS1. The molecule has 0 aliphatic carbocycles. The van der Waals surface area contributed by atoms with Crippen molar-refractivity contribution >= 4 is 21.6 Å². The average Bonchev–Trinajstić information content (AvgIpc) is 2.34. The van der Waals surface area contributed by atoms with Gasteiger partial charge in [-0.15, -0.1) is 0 Å². The molecule has 0 aromatic heterocycles. The molecule has 1 unspecified atom stereocenters. The van der Waals surface area contributed by atoms with Crippen LogP contribution in [0.3, 0.4) is 0 Å². The van der Waals surface area contributed by atoms with Crippen molar-refractivity contribution < 1.29 is 0 Å². The molecule has 0 aromatic rings. The van der Waals surface area contributed by atoms with Crippen molar-refractivity contribution in [3.8, 4) is 0 Å². The second kappa shape index (κ2) is 3.94. The monoisotopic (exact) mass is 170 g/mol. The van der Waals surface area contributed by atoms with E-state index in [1.54, 1.807) is 10.8 Å². The van der Waals surface area contributed by atoms with E-state index >= 15 is 0 Å². The van der Waals surface area contributed by atoms with Gasteiger partial charge in [0.1, 0.15) is 0 Å². The van der Waals surface area contributed by atoms with Crippen LogP contribution >= 0.6 is 21.6 Å². The first-order valence-corrected chi connectivity index (χ1v) is 5.39. The third kappa shape index (κ3) is 2.67. The predicted molar refractivity (Wildman–Crippen MR) is 52.1 cm³/mol. The highest BCUT2D eigenvalue weighted by Gasteiger charge is 2.04. The topological polar surface area (TPSA) is 0 Å². The Morgan fingerprint density at radius 2 is 2.50 bits per heavy atom. The maximum absolute atomic E-state index is 3.79. The normalized spacial score (nSPS) is 24.3. The maximum Gasteiger partial charge on any atom is 0.0526 e. The minimum atomic E-state index is 0.557. The van der Waals surface area contributed by atoms with E-state index in [0.29, 0.717) is 5.25 Å². The van der Waals surface area contributed by atoms with Gasteiger partial charge in [0.05, 0.1) is 5.25 Å². The third-order valence-electron chi connectivity index (χ3n) is 1.06. The molecule has 0 saturated heterocycles. The second-order valence-corrected chi connectivity index (χ2v) is 4.55. The number of allylic oxidation sites excluding steroid dienone is 2. The molecular weight excluding hydrogens is 160 g/mol. The molecule has 0 saturated carbocycles. The molecule has 0 bridgehead atoms. The number of rotatable bonds is 2. The van der Waals surface area contributed by atoms with Gasteiger partial charge in [0.25, 0.3) is 0 Å². The van der Waals surface area contributed by atoms with Crippen LogP contribution in [0.2, 0.25) is 0 Å². The Morgan fingerprint density at radius 3 is 3.00 bits per heavy atom. The molecule has 1 aliphatic heterocycles. The van der Waals surface area contributed by atoms with E-state index in [0.717, 1.165) is 5.57 Å². The molecule has 54 valence electrons. The van der Waals surface area contributed by atoms with Crippen molar-refractivity contribution in [1.82, 2.24) is 0 Å². The Kier molecular flexibility index (Phi) is 3.16. The van der Waals surface area contributed by atoms with Crippen LogP contribution in [0.5, 0.6) is 0 Å². The van der Waals surface area contributed by atoms with Crippen LogP contribution in [0, 0.1) is 0 Å². The molecule has 1 aliphatic rings. The molecule has 0 nitrogen and oxygen atoms in total. The van der Waals surface area contributed by atoms with Crippen LogP contribution in [-0.4, -0.2) is 5.25 Å². The van der Waals surface area contributed by atoms with E-state index in [-0.39, 0.29) is 0 Å². The van der Waals surface area contributed by atoms with Gasteiger partial charge < -0.3 is 0 Å². The zero-order valence-electron chi connectivity index (χ0n) is 5.91. The summed E-state index contributed by atoms with van der Waals surface area (Å²) in [5, 5.41) is 2.68. The van der Waals surface area contributed by atoms with Crippen molar-refractivity contribution in [3.63, 3.8) is 0 Å². The lowest BCUT2D eigenvalue weighted by Crippen LogP contribution is -1.84. The van der Waals surface area contributed by atoms with Crippen molar-refractivity contribution in [2.24, 2.45) is 0 Å². The number of hydrogen-bond acceptors (Lipinski definition) is 2. The fraction of sp³-hybridized carbons (Fsp3) is 0.250. The van der Waals surface area contributed by atoms with E-state index in [9.17, 15) is 0 Å². The highest BCUT2D eigenvalue weighted by atomic mass is 33.1. The van der Waals surface area contributed by atoms with Gasteiger partial charge in [-0.1, -0.05) is 52.0 Å². The van der Waals surface area contributed by atoms with Crippen molar-refractivity contribution in [1.29, 1.82) is 0 Å². The Labute approximate surface area is 69.9 Å².